The highest BCUT2D eigenvalue weighted by atomic mass is 16.6. The lowest BCUT2D eigenvalue weighted by Gasteiger charge is -2.18. The van der Waals surface area contributed by atoms with Crippen molar-refractivity contribution < 1.29 is 19.2 Å². The summed E-state index contributed by atoms with van der Waals surface area (Å²) in [5.41, 5.74) is 0.0985. The van der Waals surface area contributed by atoms with Crippen LogP contribution in [-0.2, 0) is 9.53 Å². The minimum atomic E-state index is -0.664. The number of rotatable bonds is 6. The summed E-state index contributed by atoms with van der Waals surface area (Å²) in [5, 5.41) is 13.4. The number of para-hydroxylation sites is 2. The van der Waals surface area contributed by atoms with Gasteiger partial charge < -0.3 is 15.0 Å². The van der Waals surface area contributed by atoms with Gasteiger partial charge in [-0.05, 0) is 31.0 Å². The van der Waals surface area contributed by atoms with Crippen LogP contribution < -0.4 is 10.2 Å². The highest BCUT2D eigenvalue weighted by molar-refractivity contribution is 5.98. The van der Waals surface area contributed by atoms with Gasteiger partial charge in [-0.15, -0.1) is 0 Å². The first kappa shape index (κ1) is 18.3. The number of benzene rings is 1. The lowest BCUT2D eigenvalue weighted by atomic mass is 10.2. The predicted molar refractivity (Wildman–Crippen MR) is 97.7 cm³/mol. The first-order valence-electron chi connectivity index (χ1n) is 8.46. The fourth-order valence-electron chi connectivity index (χ4n) is 2.87. The first-order valence-corrected chi connectivity index (χ1v) is 8.46. The van der Waals surface area contributed by atoms with Gasteiger partial charge in [0.25, 0.3) is 11.6 Å². The van der Waals surface area contributed by atoms with Crippen molar-refractivity contribution >= 4 is 29.1 Å². The number of ether oxygens (including phenoxy) is 1. The molecule has 1 aromatic heterocycles. The Kier molecular flexibility index (Phi) is 5.60. The van der Waals surface area contributed by atoms with Crippen LogP contribution in [0.3, 0.4) is 0 Å². The largest absolute Gasteiger partial charge is 0.452 e. The van der Waals surface area contributed by atoms with Crippen LogP contribution in [0.2, 0.25) is 0 Å². The maximum atomic E-state index is 12.4. The summed E-state index contributed by atoms with van der Waals surface area (Å²) < 4.78 is 5.08. The number of hydrogen-bond acceptors (Lipinski definition) is 7. The highest BCUT2D eigenvalue weighted by Gasteiger charge is 2.22. The van der Waals surface area contributed by atoms with E-state index in [1.54, 1.807) is 24.4 Å². The SMILES string of the molecule is O=C(COC(=O)c1cccnc1N1CCCC1)Nc1ccccc1[N+](=O)[O-]. The van der Waals surface area contributed by atoms with Crippen molar-refractivity contribution in [1.29, 1.82) is 0 Å². The number of nitrogens with one attached hydrogen (secondary N) is 1. The van der Waals surface area contributed by atoms with E-state index >= 15 is 0 Å². The number of carbonyl (C=O) groups is 2. The number of nitro benzene ring substituents is 1. The third-order valence-corrected chi connectivity index (χ3v) is 4.12. The molecule has 0 bridgehead atoms. The molecule has 2 aromatic rings. The Bertz CT molecular complexity index is 864. The number of pyridine rings is 1. The molecule has 0 aliphatic carbocycles. The quantitative estimate of drug-likeness (QED) is 0.471. The molecule has 0 atom stereocenters. The second-order valence-electron chi connectivity index (χ2n) is 5.97. The van der Waals surface area contributed by atoms with Gasteiger partial charge in [0, 0.05) is 25.4 Å². The van der Waals surface area contributed by atoms with Crippen LogP contribution >= 0.6 is 0 Å². The molecule has 0 saturated carbocycles. The van der Waals surface area contributed by atoms with Crippen LogP contribution in [-0.4, -0.2) is 41.5 Å². The molecule has 2 heterocycles. The van der Waals surface area contributed by atoms with Gasteiger partial charge in [0.1, 0.15) is 17.1 Å². The van der Waals surface area contributed by atoms with Crippen molar-refractivity contribution in [2.75, 3.05) is 29.9 Å². The minimum absolute atomic E-state index is 0.0442. The van der Waals surface area contributed by atoms with Gasteiger partial charge >= 0.3 is 5.97 Å². The summed E-state index contributed by atoms with van der Waals surface area (Å²) >= 11 is 0. The monoisotopic (exact) mass is 370 g/mol. The molecule has 0 unspecified atom stereocenters. The molecule has 1 fully saturated rings. The summed E-state index contributed by atoms with van der Waals surface area (Å²) in [5.74, 6) is -0.786. The summed E-state index contributed by atoms with van der Waals surface area (Å²) in [6.07, 6.45) is 3.67. The molecule has 1 N–H and O–H groups in total. The van der Waals surface area contributed by atoms with Crippen molar-refractivity contribution in [3.63, 3.8) is 0 Å². The number of carbonyl (C=O) groups excluding carboxylic acids is 2. The summed E-state index contributed by atoms with van der Waals surface area (Å²) in [6.45, 7) is 1.07. The van der Waals surface area contributed by atoms with Gasteiger partial charge in [-0.25, -0.2) is 9.78 Å². The molecule has 140 valence electrons. The van der Waals surface area contributed by atoms with Gasteiger partial charge in [-0.1, -0.05) is 12.1 Å². The maximum Gasteiger partial charge on any atom is 0.342 e. The van der Waals surface area contributed by atoms with Crippen LogP contribution in [0, 0.1) is 10.1 Å². The topological polar surface area (TPSA) is 115 Å². The fraction of sp³-hybridized carbons (Fsp3) is 0.278. The van der Waals surface area contributed by atoms with Crippen LogP contribution in [0.1, 0.15) is 23.2 Å². The van der Waals surface area contributed by atoms with E-state index in [4.69, 9.17) is 4.74 Å². The van der Waals surface area contributed by atoms with E-state index in [2.05, 4.69) is 10.3 Å². The van der Waals surface area contributed by atoms with Crippen LogP contribution in [0.5, 0.6) is 0 Å². The third-order valence-electron chi connectivity index (χ3n) is 4.12. The molecule has 1 amide bonds. The van der Waals surface area contributed by atoms with Crippen LogP contribution in [0.25, 0.3) is 0 Å². The molecule has 1 aromatic carbocycles. The number of aromatic nitrogens is 1. The van der Waals surface area contributed by atoms with E-state index in [0.717, 1.165) is 25.9 Å². The fourth-order valence-corrected chi connectivity index (χ4v) is 2.87. The molecule has 1 aliphatic heterocycles. The van der Waals surface area contributed by atoms with Gasteiger partial charge in [-0.3, -0.25) is 14.9 Å². The molecule has 9 heteroatoms. The normalized spacial score (nSPS) is 13.3. The number of nitro groups is 1. The summed E-state index contributed by atoms with van der Waals surface area (Å²) in [4.78, 5) is 41.0. The average molecular weight is 370 g/mol. The Morgan fingerprint density at radius 3 is 2.67 bits per heavy atom. The number of esters is 1. The Morgan fingerprint density at radius 1 is 1.19 bits per heavy atom. The molecule has 27 heavy (non-hydrogen) atoms. The van der Waals surface area contributed by atoms with Crippen LogP contribution in [0.4, 0.5) is 17.2 Å². The number of anilines is 2. The molecular formula is C18H18N4O5. The molecule has 0 spiro atoms. The third kappa shape index (κ3) is 4.38. The van der Waals surface area contributed by atoms with Crippen molar-refractivity contribution in [3.05, 3.63) is 58.3 Å². The molecule has 9 nitrogen and oxygen atoms in total. The molecule has 1 aliphatic rings. The van der Waals surface area contributed by atoms with Gasteiger partial charge in [0.15, 0.2) is 6.61 Å². The van der Waals surface area contributed by atoms with E-state index in [0.29, 0.717) is 5.82 Å². The van der Waals surface area contributed by atoms with E-state index in [1.165, 1.54) is 18.2 Å². The van der Waals surface area contributed by atoms with Crippen molar-refractivity contribution in [2.24, 2.45) is 0 Å². The lowest BCUT2D eigenvalue weighted by Crippen LogP contribution is -2.25. The Hall–Kier alpha value is -3.49. The summed E-state index contributed by atoms with van der Waals surface area (Å²) in [6, 6.07) is 8.97. The van der Waals surface area contributed by atoms with Gasteiger partial charge in [0.2, 0.25) is 0 Å². The molecule has 1 saturated heterocycles. The predicted octanol–water partition coefficient (Wildman–Crippen LogP) is 2.39. The van der Waals surface area contributed by atoms with Gasteiger partial charge in [-0.2, -0.15) is 0 Å². The molecule has 3 rings (SSSR count). The number of nitrogens with zero attached hydrogens (tertiary/aromatic N) is 3. The molecular weight excluding hydrogens is 352 g/mol. The van der Waals surface area contributed by atoms with Crippen molar-refractivity contribution in [1.82, 2.24) is 4.98 Å². The zero-order valence-electron chi connectivity index (χ0n) is 14.5. The zero-order chi connectivity index (χ0) is 19.2. The molecule has 0 radical (unpaired) electrons. The Morgan fingerprint density at radius 2 is 1.93 bits per heavy atom. The number of hydrogen-bond donors (Lipinski definition) is 1. The van der Waals surface area contributed by atoms with Crippen molar-refractivity contribution in [3.8, 4) is 0 Å². The standard InChI is InChI=1S/C18H18N4O5/c23-16(20-14-7-1-2-8-15(14)22(25)26)12-27-18(24)13-6-5-9-19-17(13)21-10-3-4-11-21/h1-2,5-9H,3-4,10-12H2,(H,20,23). The van der Waals surface area contributed by atoms with E-state index in [-0.39, 0.29) is 16.9 Å². The van der Waals surface area contributed by atoms with Crippen molar-refractivity contribution in [2.45, 2.75) is 12.8 Å². The smallest absolute Gasteiger partial charge is 0.342 e. The van der Waals surface area contributed by atoms with E-state index in [1.807, 2.05) is 4.90 Å². The highest BCUT2D eigenvalue weighted by Crippen LogP contribution is 2.24. The van der Waals surface area contributed by atoms with E-state index in [9.17, 15) is 19.7 Å². The Labute approximate surface area is 155 Å². The maximum absolute atomic E-state index is 12.4. The van der Waals surface area contributed by atoms with Gasteiger partial charge in [0.05, 0.1) is 4.92 Å². The van der Waals surface area contributed by atoms with Crippen LogP contribution in [0.15, 0.2) is 42.6 Å². The number of amides is 1. The summed E-state index contributed by atoms with van der Waals surface area (Å²) in [7, 11) is 0. The minimum Gasteiger partial charge on any atom is -0.452 e. The second-order valence-corrected chi connectivity index (χ2v) is 5.97. The first-order chi connectivity index (χ1) is 13.1. The lowest BCUT2D eigenvalue weighted by molar-refractivity contribution is -0.383. The van der Waals surface area contributed by atoms with E-state index < -0.39 is 23.4 Å². The Balaban J connectivity index is 1.63. The average Bonchev–Trinajstić information content (AvgIpc) is 3.21. The zero-order valence-corrected chi connectivity index (χ0v) is 14.5. The second kappa shape index (κ2) is 8.26.